The van der Waals surface area contributed by atoms with Gasteiger partial charge in [0.1, 0.15) is 0 Å². The van der Waals surface area contributed by atoms with Gasteiger partial charge < -0.3 is 9.47 Å². The molecule has 0 saturated carbocycles. The van der Waals surface area contributed by atoms with E-state index in [1.165, 1.54) is 5.56 Å². The van der Waals surface area contributed by atoms with Crippen LogP contribution in [-0.2, 0) is 16.4 Å². The lowest BCUT2D eigenvalue weighted by atomic mass is 9.97. The Bertz CT molecular complexity index is 1090. The van der Waals surface area contributed by atoms with Crippen molar-refractivity contribution in [2.75, 3.05) is 32.7 Å². The number of quaternary nitrogens is 1. The summed E-state index contributed by atoms with van der Waals surface area (Å²) >= 11 is 0. The van der Waals surface area contributed by atoms with Crippen molar-refractivity contribution in [2.24, 2.45) is 0 Å². The highest BCUT2D eigenvalue weighted by atomic mass is 32.2. The number of para-hydroxylation sites is 1. The Hall–Kier alpha value is -2.15. The molecular weight excluding hydrogens is 418 g/mol. The Labute approximate surface area is 193 Å². The van der Waals surface area contributed by atoms with E-state index in [1.54, 1.807) is 12.1 Å². The van der Waals surface area contributed by atoms with Crippen LogP contribution < -0.4 is 4.72 Å². The van der Waals surface area contributed by atoms with E-state index in [9.17, 15) is 8.42 Å². The van der Waals surface area contributed by atoms with E-state index in [0.29, 0.717) is 23.8 Å². The fourth-order valence-corrected chi connectivity index (χ4v) is 5.53. The molecule has 1 heterocycles. The van der Waals surface area contributed by atoms with Crippen molar-refractivity contribution in [3.05, 3.63) is 65.9 Å². The topological polar surface area (TPSA) is 62.0 Å². The van der Waals surface area contributed by atoms with Crippen LogP contribution in [0.1, 0.15) is 51.2 Å². The normalized spacial score (nSPS) is 13.5. The Morgan fingerprint density at radius 1 is 0.969 bits per heavy atom. The standard InChI is InChI=1S/C26H38N3O2S/c1-5-29(6-2,7-3)19-17-21(4)22-12-14-24(15-13-22)32(30,31)28-18-16-23-20-27-26-11-9-8-10-25(23)26/h8-15,20-21,27-28H,5-7,16-19H2,1-4H3/q+1. The van der Waals surface area contributed by atoms with Gasteiger partial charge in [0.15, 0.2) is 0 Å². The summed E-state index contributed by atoms with van der Waals surface area (Å²) in [7, 11) is -3.52. The predicted octanol–water partition coefficient (Wildman–Crippen LogP) is 5.06. The first-order valence-electron chi connectivity index (χ1n) is 11.8. The van der Waals surface area contributed by atoms with Crippen LogP contribution >= 0.6 is 0 Å². The number of rotatable bonds is 12. The maximum Gasteiger partial charge on any atom is 0.240 e. The van der Waals surface area contributed by atoms with Crippen LogP contribution in [0.2, 0.25) is 0 Å². The van der Waals surface area contributed by atoms with Crippen LogP contribution in [0.5, 0.6) is 0 Å². The summed E-state index contributed by atoms with van der Waals surface area (Å²) in [5.74, 6) is 0.406. The molecule has 1 aromatic heterocycles. The molecule has 0 aliphatic rings. The van der Waals surface area contributed by atoms with E-state index in [1.807, 2.05) is 36.5 Å². The number of H-pyrrole nitrogens is 1. The molecule has 1 unspecified atom stereocenters. The molecule has 32 heavy (non-hydrogen) atoms. The van der Waals surface area contributed by atoms with Crippen LogP contribution in [-0.4, -0.2) is 50.6 Å². The van der Waals surface area contributed by atoms with E-state index in [2.05, 4.69) is 43.5 Å². The average molecular weight is 457 g/mol. The first-order chi connectivity index (χ1) is 15.3. The van der Waals surface area contributed by atoms with Crippen molar-refractivity contribution >= 4 is 20.9 Å². The zero-order chi connectivity index (χ0) is 23.2. The molecule has 0 bridgehead atoms. The van der Waals surface area contributed by atoms with Gasteiger partial charge in [-0.25, -0.2) is 13.1 Å². The van der Waals surface area contributed by atoms with Crippen LogP contribution in [0.25, 0.3) is 10.9 Å². The smallest absolute Gasteiger partial charge is 0.240 e. The molecule has 0 saturated heterocycles. The van der Waals surface area contributed by atoms with Gasteiger partial charge in [-0.15, -0.1) is 0 Å². The summed E-state index contributed by atoms with van der Waals surface area (Å²) < 4.78 is 29.4. The number of aromatic amines is 1. The van der Waals surface area contributed by atoms with E-state index < -0.39 is 10.0 Å². The third kappa shape index (κ3) is 5.61. The molecule has 3 aromatic rings. The van der Waals surface area contributed by atoms with Gasteiger partial charge in [-0.05, 0) is 62.4 Å². The fraction of sp³-hybridized carbons (Fsp3) is 0.462. The lowest BCUT2D eigenvalue weighted by Gasteiger charge is -2.36. The third-order valence-electron chi connectivity index (χ3n) is 7.17. The zero-order valence-electron chi connectivity index (χ0n) is 19.9. The first-order valence-corrected chi connectivity index (χ1v) is 13.3. The SMILES string of the molecule is CC[N+](CC)(CC)CCC(C)c1ccc(S(=O)(=O)NCCc2c[nH]c3ccccc23)cc1. The van der Waals surface area contributed by atoms with Gasteiger partial charge in [0.2, 0.25) is 10.0 Å². The fourth-order valence-electron chi connectivity index (χ4n) is 4.50. The second-order valence-corrected chi connectivity index (χ2v) is 10.5. The molecule has 0 fully saturated rings. The lowest BCUT2D eigenvalue weighted by Crippen LogP contribution is -2.48. The second-order valence-electron chi connectivity index (χ2n) is 8.78. The molecule has 0 aliphatic carbocycles. The Kier molecular flexibility index (Phi) is 8.15. The van der Waals surface area contributed by atoms with Crippen LogP contribution in [0.3, 0.4) is 0 Å². The van der Waals surface area contributed by atoms with Gasteiger partial charge in [0.25, 0.3) is 0 Å². The van der Waals surface area contributed by atoms with Crippen molar-refractivity contribution in [3.63, 3.8) is 0 Å². The maximum atomic E-state index is 12.8. The highest BCUT2D eigenvalue weighted by Crippen LogP contribution is 2.23. The predicted molar refractivity (Wildman–Crippen MR) is 133 cm³/mol. The minimum atomic E-state index is -3.52. The van der Waals surface area contributed by atoms with Gasteiger partial charge in [0.05, 0.1) is 31.1 Å². The van der Waals surface area contributed by atoms with Gasteiger partial charge in [-0.2, -0.15) is 0 Å². The lowest BCUT2D eigenvalue weighted by molar-refractivity contribution is -0.923. The monoisotopic (exact) mass is 456 g/mol. The quantitative estimate of drug-likeness (QED) is 0.374. The summed E-state index contributed by atoms with van der Waals surface area (Å²) in [6.45, 7) is 14.0. The van der Waals surface area contributed by atoms with Crippen molar-refractivity contribution in [3.8, 4) is 0 Å². The summed E-state index contributed by atoms with van der Waals surface area (Å²) in [6.07, 6.45) is 3.70. The average Bonchev–Trinajstić information content (AvgIpc) is 3.23. The molecule has 0 spiro atoms. The van der Waals surface area contributed by atoms with Gasteiger partial charge >= 0.3 is 0 Å². The van der Waals surface area contributed by atoms with E-state index in [0.717, 1.165) is 53.5 Å². The summed E-state index contributed by atoms with van der Waals surface area (Å²) in [5.41, 5.74) is 3.39. The Morgan fingerprint density at radius 2 is 1.62 bits per heavy atom. The Balaban J connectivity index is 1.58. The second kappa shape index (κ2) is 10.6. The van der Waals surface area contributed by atoms with E-state index >= 15 is 0 Å². The molecule has 2 N–H and O–H groups in total. The van der Waals surface area contributed by atoms with Crippen LogP contribution in [0.4, 0.5) is 0 Å². The number of aromatic nitrogens is 1. The molecule has 0 amide bonds. The summed E-state index contributed by atoms with van der Waals surface area (Å²) in [6, 6.07) is 15.5. The number of nitrogens with zero attached hydrogens (tertiary/aromatic N) is 1. The number of benzene rings is 2. The van der Waals surface area contributed by atoms with Crippen molar-refractivity contribution in [1.29, 1.82) is 0 Å². The molecule has 5 nitrogen and oxygen atoms in total. The molecule has 0 aliphatic heterocycles. The van der Waals surface area contributed by atoms with Crippen molar-refractivity contribution in [2.45, 2.75) is 51.3 Å². The molecule has 174 valence electrons. The van der Waals surface area contributed by atoms with E-state index in [-0.39, 0.29) is 0 Å². The third-order valence-corrected chi connectivity index (χ3v) is 8.65. The molecule has 0 radical (unpaired) electrons. The van der Waals surface area contributed by atoms with Crippen molar-refractivity contribution in [1.82, 2.24) is 9.71 Å². The number of hydrogen-bond donors (Lipinski definition) is 2. The van der Waals surface area contributed by atoms with Crippen LogP contribution in [0.15, 0.2) is 59.6 Å². The Morgan fingerprint density at radius 3 is 2.28 bits per heavy atom. The largest absolute Gasteiger partial charge is 0.361 e. The van der Waals surface area contributed by atoms with Gasteiger partial charge in [-0.1, -0.05) is 37.3 Å². The van der Waals surface area contributed by atoms with Gasteiger partial charge in [-0.3, -0.25) is 0 Å². The molecule has 1 atom stereocenters. The first kappa shape index (κ1) is 24.5. The number of hydrogen-bond acceptors (Lipinski definition) is 2. The van der Waals surface area contributed by atoms with E-state index in [4.69, 9.17) is 0 Å². The maximum absolute atomic E-state index is 12.8. The zero-order valence-corrected chi connectivity index (χ0v) is 20.7. The summed E-state index contributed by atoms with van der Waals surface area (Å²) in [4.78, 5) is 3.56. The highest BCUT2D eigenvalue weighted by molar-refractivity contribution is 7.89. The molecule has 3 rings (SSSR count). The summed E-state index contributed by atoms with van der Waals surface area (Å²) in [5, 5.41) is 1.14. The molecular formula is C26H38N3O2S+. The molecule has 2 aromatic carbocycles. The highest BCUT2D eigenvalue weighted by Gasteiger charge is 2.22. The van der Waals surface area contributed by atoms with Crippen molar-refractivity contribution < 1.29 is 12.9 Å². The molecule has 6 heteroatoms. The minimum Gasteiger partial charge on any atom is -0.361 e. The minimum absolute atomic E-state index is 0.327. The number of sulfonamides is 1. The van der Waals surface area contributed by atoms with Crippen LogP contribution in [0, 0.1) is 0 Å². The number of nitrogens with one attached hydrogen (secondary N) is 2. The van der Waals surface area contributed by atoms with Gasteiger partial charge in [0, 0.05) is 30.1 Å². The number of fused-ring (bicyclic) bond motifs is 1.